The van der Waals surface area contributed by atoms with Gasteiger partial charge in [0.1, 0.15) is 0 Å². The quantitative estimate of drug-likeness (QED) is 0.189. The van der Waals surface area contributed by atoms with Crippen LogP contribution in [0.2, 0.25) is 0 Å². The third-order valence-corrected chi connectivity index (χ3v) is 5.29. The number of carboxylic acid groups (broad SMARTS) is 3. The van der Waals surface area contributed by atoms with Crippen molar-refractivity contribution in [1.29, 1.82) is 0 Å². The van der Waals surface area contributed by atoms with Crippen molar-refractivity contribution in [1.82, 2.24) is 10.6 Å². The van der Waals surface area contributed by atoms with Crippen LogP contribution < -0.4 is 20.1 Å². The molecule has 0 spiro atoms. The van der Waals surface area contributed by atoms with Crippen molar-refractivity contribution in [2.45, 2.75) is 50.9 Å². The van der Waals surface area contributed by atoms with E-state index in [1.165, 1.54) is 24.3 Å². The van der Waals surface area contributed by atoms with E-state index in [1.54, 1.807) is 0 Å². The number of para-hydroxylation sites is 2. The molecule has 0 bridgehead atoms. The minimum absolute atomic E-state index is 0.0484. The van der Waals surface area contributed by atoms with Gasteiger partial charge in [0.05, 0.1) is 0 Å². The number of carbonyl (C=O) groups is 5. The number of halogens is 3. The number of carboxylic acids is 3. The molecule has 1 aromatic rings. The lowest BCUT2D eigenvalue weighted by atomic mass is 9.92. The van der Waals surface area contributed by atoms with Crippen LogP contribution >= 0.6 is 0 Å². The van der Waals surface area contributed by atoms with Crippen molar-refractivity contribution in [3.05, 3.63) is 24.3 Å². The summed E-state index contributed by atoms with van der Waals surface area (Å²) in [6.07, 6.45) is -1.58. The molecular weight excluding hydrogens is 521 g/mol. The highest BCUT2D eigenvalue weighted by molar-refractivity contribution is 6.08. The predicted molar refractivity (Wildman–Crippen MR) is 123 cm³/mol. The summed E-state index contributed by atoms with van der Waals surface area (Å²) in [5.74, 6) is -7.01. The third-order valence-electron chi connectivity index (χ3n) is 5.29. The smallest absolute Gasteiger partial charge is 0.479 e. The van der Waals surface area contributed by atoms with Crippen LogP contribution in [0.1, 0.15) is 39.0 Å². The predicted octanol–water partition coefficient (Wildman–Crippen LogP) is 1.82. The molecule has 1 saturated heterocycles. The Hall–Kier alpha value is -3.88. The van der Waals surface area contributed by atoms with E-state index in [1.807, 2.05) is 0 Å². The minimum Gasteiger partial charge on any atom is -0.479 e. The molecule has 0 aromatic heterocycles. The second kappa shape index (κ2) is 14.8. The number of benzene rings is 1. The van der Waals surface area contributed by atoms with Crippen LogP contribution in [-0.2, 0) is 24.0 Å². The molecule has 12 nitrogen and oxygen atoms in total. The van der Waals surface area contributed by atoms with E-state index in [0.717, 1.165) is 39.3 Å². The molecule has 212 valence electrons. The van der Waals surface area contributed by atoms with Gasteiger partial charge in [0.2, 0.25) is 11.7 Å². The number of hydrogen-bond acceptors (Lipinski definition) is 8. The number of piperidine rings is 1. The lowest BCUT2D eigenvalue weighted by Gasteiger charge is -2.29. The largest absolute Gasteiger partial charge is 0.490 e. The van der Waals surface area contributed by atoms with Crippen molar-refractivity contribution in [2.75, 3.05) is 19.7 Å². The van der Waals surface area contributed by atoms with Gasteiger partial charge in [-0.05, 0) is 56.8 Å². The number of nitrogens with one attached hydrogen (secondary N) is 2. The second-order valence-corrected chi connectivity index (χ2v) is 8.21. The van der Waals surface area contributed by atoms with Gasteiger partial charge in [0, 0.05) is 13.3 Å². The van der Waals surface area contributed by atoms with Gasteiger partial charge in [-0.25, -0.2) is 14.4 Å². The molecule has 1 unspecified atom stereocenters. The van der Waals surface area contributed by atoms with Gasteiger partial charge in [0.25, 0.3) is 0 Å². The van der Waals surface area contributed by atoms with Gasteiger partial charge in [0.15, 0.2) is 18.1 Å². The number of aliphatic carboxylic acids is 3. The Morgan fingerprint density at radius 2 is 1.55 bits per heavy atom. The van der Waals surface area contributed by atoms with Crippen molar-refractivity contribution in [3.63, 3.8) is 0 Å². The summed E-state index contributed by atoms with van der Waals surface area (Å²) in [5, 5.41) is 31.1. The van der Waals surface area contributed by atoms with E-state index in [-0.39, 0.29) is 17.9 Å². The maximum atomic E-state index is 12.5. The molecule has 1 aliphatic rings. The number of ether oxygens (including phenoxy) is 2. The van der Waals surface area contributed by atoms with Crippen LogP contribution in [-0.4, -0.2) is 76.5 Å². The highest BCUT2D eigenvalue weighted by Gasteiger charge is 2.48. The molecule has 1 aliphatic heterocycles. The molecule has 0 aliphatic carbocycles. The maximum absolute atomic E-state index is 12.5. The zero-order valence-corrected chi connectivity index (χ0v) is 20.4. The topological polar surface area (TPSA) is 189 Å². The first kappa shape index (κ1) is 32.1. The maximum Gasteiger partial charge on any atom is 0.490 e. The van der Waals surface area contributed by atoms with E-state index in [4.69, 9.17) is 24.5 Å². The molecule has 1 aromatic carbocycles. The summed E-state index contributed by atoms with van der Waals surface area (Å²) in [5.41, 5.74) is -2.66. The van der Waals surface area contributed by atoms with Crippen LogP contribution in [0.15, 0.2) is 24.3 Å². The van der Waals surface area contributed by atoms with E-state index in [0.29, 0.717) is 12.3 Å². The van der Waals surface area contributed by atoms with Gasteiger partial charge in [-0.15, -0.1) is 0 Å². The number of ketones is 1. The molecule has 1 heterocycles. The minimum atomic E-state index is -5.08. The SMILES string of the molecule is CC(=O)C(NC(=O)CCCC1CCNCC1)(Oc1ccccc1OCC(=O)O)C(=O)O.O=C(O)C(F)(F)F. The van der Waals surface area contributed by atoms with Crippen LogP contribution in [0.3, 0.4) is 0 Å². The van der Waals surface area contributed by atoms with Gasteiger partial charge < -0.3 is 35.4 Å². The monoisotopic (exact) mass is 550 g/mol. The number of hydrogen-bond donors (Lipinski definition) is 5. The fourth-order valence-electron chi connectivity index (χ4n) is 3.37. The van der Waals surface area contributed by atoms with Crippen molar-refractivity contribution >= 4 is 29.6 Å². The van der Waals surface area contributed by atoms with Crippen LogP contribution in [0.25, 0.3) is 0 Å². The molecule has 1 atom stereocenters. The molecule has 2 rings (SSSR count). The number of alkyl halides is 3. The van der Waals surface area contributed by atoms with Gasteiger partial charge >= 0.3 is 29.8 Å². The second-order valence-electron chi connectivity index (χ2n) is 8.21. The molecule has 1 amide bonds. The molecule has 1 fully saturated rings. The Labute approximate surface area is 215 Å². The highest BCUT2D eigenvalue weighted by Crippen LogP contribution is 2.30. The lowest BCUT2D eigenvalue weighted by Crippen LogP contribution is -2.63. The third kappa shape index (κ3) is 10.6. The van der Waals surface area contributed by atoms with E-state index in [9.17, 15) is 37.5 Å². The van der Waals surface area contributed by atoms with E-state index in [2.05, 4.69) is 10.6 Å². The molecule has 5 N–H and O–H groups in total. The summed E-state index contributed by atoms with van der Waals surface area (Å²) >= 11 is 0. The molecular formula is C23H29F3N2O10. The fraction of sp³-hybridized carbons (Fsp3) is 0.522. The lowest BCUT2D eigenvalue weighted by molar-refractivity contribution is -0.192. The number of amides is 1. The Morgan fingerprint density at radius 1 is 1.00 bits per heavy atom. The molecule has 38 heavy (non-hydrogen) atoms. The highest BCUT2D eigenvalue weighted by atomic mass is 19.4. The van der Waals surface area contributed by atoms with Crippen LogP contribution in [0.4, 0.5) is 13.2 Å². The summed E-state index contributed by atoms with van der Waals surface area (Å²) in [7, 11) is 0. The first-order valence-corrected chi connectivity index (χ1v) is 11.4. The average Bonchev–Trinajstić information content (AvgIpc) is 2.83. The Bertz CT molecular complexity index is 980. The van der Waals surface area contributed by atoms with Gasteiger partial charge in [-0.2, -0.15) is 13.2 Å². The summed E-state index contributed by atoms with van der Waals surface area (Å²) < 4.78 is 42.3. The summed E-state index contributed by atoms with van der Waals surface area (Å²) in [4.78, 5) is 56.4. The summed E-state index contributed by atoms with van der Waals surface area (Å²) in [6, 6.07) is 5.71. The Balaban J connectivity index is 0.000000905. The van der Waals surface area contributed by atoms with Crippen molar-refractivity contribution in [2.24, 2.45) is 5.92 Å². The van der Waals surface area contributed by atoms with Crippen molar-refractivity contribution in [3.8, 4) is 11.5 Å². The van der Waals surface area contributed by atoms with Gasteiger partial charge in [-0.3, -0.25) is 9.59 Å². The van der Waals surface area contributed by atoms with Crippen LogP contribution in [0.5, 0.6) is 11.5 Å². The van der Waals surface area contributed by atoms with Gasteiger partial charge in [-0.1, -0.05) is 12.1 Å². The van der Waals surface area contributed by atoms with E-state index >= 15 is 0 Å². The number of Topliss-reactive ketones (excluding diaryl/α,β-unsaturated/α-hetero) is 1. The summed E-state index contributed by atoms with van der Waals surface area (Å²) in [6.45, 7) is 2.19. The Morgan fingerprint density at radius 3 is 2.03 bits per heavy atom. The fourth-order valence-corrected chi connectivity index (χ4v) is 3.37. The molecule has 0 saturated carbocycles. The first-order chi connectivity index (χ1) is 17.7. The standard InChI is InChI=1S/C21H28N2O8.C2HF3O2/c1-14(24)21(20(28)29,23-18(25)8-4-5-15-9-11-22-12-10-15)31-17-7-3-2-6-16(17)30-13-19(26)27;3-2(4,5)1(6)7/h2-3,6-7,15,22H,4-5,8-13H2,1H3,(H,23,25)(H,26,27)(H,28,29);(H,6,7). The average molecular weight is 550 g/mol. The molecule has 0 radical (unpaired) electrons. The zero-order valence-electron chi connectivity index (χ0n) is 20.4. The number of rotatable bonds is 12. The molecule has 15 heteroatoms. The number of carbonyl (C=O) groups excluding carboxylic acids is 2. The first-order valence-electron chi connectivity index (χ1n) is 11.4. The normalized spacial score (nSPS) is 15.2. The zero-order chi connectivity index (χ0) is 28.9. The van der Waals surface area contributed by atoms with Crippen LogP contribution in [0, 0.1) is 5.92 Å². The van der Waals surface area contributed by atoms with E-state index < -0.39 is 48.1 Å². The Kier molecular flexibility index (Phi) is 12.5. The van der Waals surface area contributed by atoms with Crippen molar-refractivity contribution < 1.29 is 61.9 Å².